The van der Waals surface area contributed by atoms with Crippen molar-refractivity contribution in [2.45, 2.75) is 121 Å². The highest BCUT2D eigenvalue weighted by Gasteiger charge is 2.38. The van der Waals surface area contributed by atoms with Crippen molar-refractivity contribution in [3.05, 3.63) is 108 Å². The Morgan fingerprint density at radius 3 is 1.38 bits per heavy atom. The summed E-state index contributed by atoms with van der Waals surface area (Å²) in [5.41, 5.74) is 1.98. The van der Waals surface area contributed by atoms with Gasteiger partial charge in [-0.2, -0.15) is 0 Å². The highest BCUT2D eigenvalue weighted by molar-refractivity contribution is 5.50. The maximum Gasteiger partial charge on any atom is 0.183 e. The van der Waals surface area contributed by atoms with Gasteiger partial charge in [0.2, 0.25) is 0 Å². The Morgan fingerprint density at radius 1 is 0.556 bits per heavy atom. The summed E-state index contributed by atoms with van der Waals surface area (Å²) >= 11 is 0. The van der Waals surface area contributed by atoms with Crippen molar-refractivity contribution in [1.82, 2.24) is 0 Å². The first kappa shape index (κ1) is 36.2. The molecule has 1 N–H and O–H groups in total. The van der Waals surface area contributed by atoms with Gasteiger partial charge in [-0.05, 0) is 36.8 Å². The van der Waals surface area contributed by atoms with Crippen LogP contribution in [0.3, 0.4) is 0 Å². The molecular weight excluding hydrogens is 556 g/mol. The molecule has 0 saturated heterocycles. The Kier molecular flexibility index (Phi) is 17.3. The summed E-state index contributed by atoms with van der Waals surface area (Å²) in [4.78, 5) is 0. The first-order valence-corrected chi connectivity index (χ1v) is 17.5. The topological polar surface area (TPSA) is 47.9 Å². The average molecular weight is 615 g/mol. The van der Waals surface area contributed by atoms with Crippen LogP contribution < -0.4 is 9.47 Å². The third-order valence-corrected chi connectivity index (χ3v) is 8.82. The summed E-state index contributed by atoms with van der Waals surface area (Å²) in [5.74, 6) is 1.56. The molecule has 0 heterocycles. The van der Waals surface area contributed by atoms with Gasteiger partial charge >= 0.3 is 0 Å². The molecule has 0 aliphatic carbocycles. The number of aliphatic hydroxyl groups is 1. The number of hydrogen-bond donors (Lipinski definition) is 1. The minimum absolute atomic E-state index is 0.549. The lowest BCUT2D eigenvalue weighted by molar-refractivity contribution is 0.0934. The molecule has 0 aliphatic heterocycles. The average Bonchev–Trinajstić information content (AvgIpc) is 3.09. The first-order valence-electron chi connectivity index (χ1n) is 17.5. The van der Waals surface area contributed by atoms with Crippen LogP contribution in [0.5, 0.6) is 11.5 Å². The minimum atomic E-state index is -0.926. The zero-order valence-electron chi connectivity index (χ0n) is 28.2. The van der Waals surface area contributed by atoms with E-state index < -0.39 is 11.7 Å². The van der Waals surface area contributed by atoms with Gasteiger partial charge in [0.1, 0.15) is 11.5 Å². The predicted molar refractivity (Wildman–Crippen MR) is 188 cm³/mol. The van der Waals surface area contributed by atoms with E-state index >= 15 is 0 Å². The van der Waals surface area contributed by atoms with Crippen molar-refractivity contribution < 1.29 is 19.3 Å². The van der Waals surface area contributed by atoms with Crippen LogP contribution in [-0.4, -0.2) is 25.4 Å². The molecule has 246 valence electrons. The van der Waals surface area contributed by atoms with Gasteiger partial charge in [0, 0.05) is 16.7 Å². The van der Waals surface area contributed by atoms with E-state index in [9.17, 15) is 5.11 Å². The van der Waals surface area contributed by atoms with E-state index in [0.29, 0.717) is 0 Å². The SMILES string of the molecule is CCCCCCCCCCCCCCCCCC(O)/C=C\OC(c1ccccc1)(c1ccc(OC)cc1)c1ccc(OC)cc1. The fourth-order valence-electron chi connectivity index (χ4n) is 6.08. The van der Waals surface area contributed by atoms with E-state index in [0.717, 1.165) is 47.5 Å². The smallest absolute Gasteiger partial charge is 0.183 e. The molecule has 4 nitrogen and oxygen atoms in total. The van der Waals surface area contributed by atoms with E-state index in [1.807, 2.05) is 66.7 Å². The summed E-state index contributed by atoms with van der Waals surface area (Å²) in [5, 5.41) is 10.8. The van der Waals surface area contributed by atoms with Gasteiger partial charge in [0.25, 0.3) is 0 Å². The lowest BCUT2D eigenvalue weighted by Gasteiger charge is -2.35. The van der Waals surface area contributed by atoms with Crippen molar-refractivity contribution in [3.8, 4) is 11.5 Å². The second kappa shape index (κ2) is 21.5. The zero-order chi connectivity index (χ0) is 32.0. The third-order valence-electron chi connectivity index (χ3n) is 8.82. The largest absolute Gasteiger partial charge is 0.497 e. The number of hydrogen-bond acceptors (Lipinski definition) is 4. The number of methoxy groups -OCH3 is 2. The summed E-state index contributed by atoms with van der Waals surface area (Å²) in [6, 6.07) is 26.2. The van der Waals surface area contributed by atoms with Crippen LogP contribution in [0.4, 0.5) is 0 Å². The molecule has 3 aromatic rings. The van der Waals surface area contributed by atoms with Gasteiger partial charge in [-0.15, -0.1) is 0 Å². The molecule has 45 heavy (non-hydrogen) atoms. The van der Waals surface area contributed by atoms with Crippen molar-refractivity contribution in [1.29, 1.82) is 0 Å². The van der Waals surface area contributed by atoms with Crippen LogP contribution in [-0.2, 0) is 10.3 Å². The fraction of sp³-hybridized carbons (Fsp3) is 0.512. The molecular formula is C41H58O4. The molecule has 0 aromatic heterocycles. The van der Waals surface area contributed by atoms with E-state index in [-0.39, 0.29) is 0 Å². The predicted octanol–water partition coefficient (Wildman–Crippen LogP) is 11.1. The fourth-order valence-corrected chi connectivity index (χ4v) is 6.08. The van der Waals surface area contributed by atoms with Crippen LogP contribution in [0.1, 0.15) is 126 Å². The molecule has 0 bridgehead atoms. The molecule has 1 atom stereocenters. The van der Waals surface area contributed by atoms with Crippen molar-refractivity contribution in [2.24, 2.45) is 0 Å². The van der Waals surface area contributed by atoms with E-state index in [2.05, 4.69) is 19.1 Å². The molecule has 0 fully saturated rings. The Balaban J connectivity index is 1.50. The van der Waals surface area contributed by atoms with Gasteiger partial charge < -0.3 is 19.3 Å². The lowest BCUT2D eigenvalue weighted by atomic mass is 9.80. The first-order chi connectivity index (χ1) is 22.1. The van der Waals surface area contributed by atoms with Crippen LogP contribution in [0.2, 0.25) is 0 Å². The Hall–Kier alpha value is -3.24. The van der Waals surface area contributed by atoms with E-state index in [4.69, 9.17) is 14.2 Å². The standard InChI is InChI=1S/C41H58O4/c1-4-5-6-7-8-9-10-11-12-13-14-15-16-17-21-24-38(42)33-34-45-41(35-22-19-18-20-23-35,36-25-29-39(43-2)30-26-36)37-27-31-40(44-3)32-28-37/h18-20,22-23,25-34,38,42H,4-17,21,24H2,1-3H3/b34-33-. The van der Waals surface area contributed by atoms with Gasteiger partial charge in [-0.25, -0.2) is 0 Å². The number of aliphatic hydroxyl groups excluding tert-OH is 1. The van der Waals surface area contributed by atoms with Crippen LogP contribution in [0.15, 0.2) is 91.2 Å². The van der Waals surface area contributed by atoms with E-state index in [1.54, 1.807) is 26.6 Å². The third kappa shape index (κ3) is 12.2. The van der Waals surface area contributed by atoms with E-state index in [1.165, 1.54) is 83.5 Å². The molecule has 0 spiro atoms. The maximum absolute atomic E-state index is 10.8. The van der Waals surface area contributed by atoms with Crippen LogP contribution in [0, 0.1) is 0 Å². The summed E-state index contributed by atoms with van der Waals surface area (Å²) < 4.78 is 17.6. The van der Waals surface area contributed by atoms with Crippen LogP contribution >= 0.6 is 0 Å². The molecule has 0 amide bonds. The number of benzene rings is 3. The Labute approximate surface area is 273 Å². The number of unbranched alkanes of at least 4 members (excludes halogenated alkanes) is 14. The van der Waals surface area contributed by atoms with Crippen molar-refractivity contribution >= 4 is 0 Å². The number of ether oxygens (including phenoxy) is 3. The quantitative estimate of drug-likeness (QED) is 0.0619. The Morgan fingerprint density at radius 2 is 0.956 bits per heavy atom. The lowest BCUT2D eigenvalue weighted by Crippen LogP contribution is -2.31. The van der Waals surface area contributed by atoms with Gasteiger partial charge in [0.05, 0.1) is 26.6 Å². The second-order valence-electron chi connectivity index (χ2n) is 12.3. The maximum atomic E-state index is 10.8. The highest BCUT2D eigenvalue weighted by atomic mass is 16.5. The molecule has 0 aliphatic rings. The molecule has 4 heteroatoms. The second-order valence-corrected chi connectivity index (χ2v) is 12.3. The minimum Gasteiger partial charge on any atom is -0.497 e. The van der Waals surface area contributed by atoms with Gasteiger partial charge in [0.15, 0.2) is 5.60 Å². The monoisotopic (exact) mass is 614 g/mol. The molecule has 1 unspecified atom stereocenters. The number of rotatable bonds is 24. The van der Waals surface area contributed by atoms with Crippen molar-refractivity contribution in [2.75, 3.05) is 14.2 Å². The van der Waals surface area contributed by atoms with Gasteiger partial charge in [-0.3, -0.25) is 0 Å². The van der Waals surface area contributed by atoms with Gasteiger partial charge in [-0.1, -0.05) is 158 Å². The molecule has 0 radical (unpaired) electrons. The normalized spacial score (nSPS) is 12.4. The molecule has 3 aromatic carbocycles. The summed E-state index contributed by atoms with van der Waals surface area (Å²) in [6.45, 7) is 2.28. The summed E-state index contributed by atoms with van der Waals surface area (Å²) in [6.07, 6.45) is 23.7. The summed E-state index contributed by atoms with van der Waals surface area (Å²) in [7, 11) is 3.34. The molecule has 3 rings (SSSR count). The zero-order valence-corrected chi connectivity index (χ0v) is 28.2. The highest BCUT2D eigenvalue weighted by Crippen LogP contribution is 2.42. The van der Waals surface area contributed by atoms with Crippen LogP contribution in [0.25, 0.3) is 0 Å². The Bertz CT molecular complexity index is 1120. The molecule has 0 saturated carbocycles. The van der Waals surface area contributed by atoms with Crippen molar-refractivity contribution in [3.63, 3.8) is 0 Å².